The van der Waals surface area contributed by atoms with Gasteiger partial charge in [0, 0.05) is 28.6 Å². The Labute approximate surface area is 173 Å². The number of amides is 2. The van der Waals surface area contributed by atoms with Crippen LogP contribution < -0.4 is 15.4 Å². The minimum Gasteiger partial charge on any atom is -0.408 e. The molecule has 4 rings (SSSR count). The van der Waals surface area contributed by atoms with Crippen LogP contribution in [0.25, 0.3) is 11.6 Å². The first-order chi connectivity index (χ1) is 14.3. The second-order valence-corrected chi connectivity index (χ2v) is 7.86. The predicted molar refractivity (Wildman–Crippen MR) is 111 cm³/mol. The molecule has 2 amide bonds. The lowest BCUT2D eigenvalue weighted by atomic mass is 9.93. The van der Waals surface area contributed by atoms with E-state index in [4.69, 9.17) is 4.74 Å². The summed E-state index contributed by atoms with van der Waals surface area (Å²) in [6, 6.07) is 4.12. The Hall–Kier alpha value is -3.13. The van der Waals surface area contributed by atoms with Crippen LogP contribution in [0, 0.1) is 19.7 Å². The van der Waals surface area contributed by atoms with E-state index in [0.717, 1.165) is 0 Å². The van der Waals surface area contributed by atoms with E-state index in [1.165, 1.54) is 18.2 Å². The number of anilines is 1. The third-order valence-electron chi connectivity index (χ3n) is 5.67. The van der Waals surface area contributed by atoms with Gasteiger partial charge in [0.05, 0.1) is 17.4 Å². The molecule has 8 heteroatoms. The van der Waals surface area contributed by atoms with Gasteiger partial charge in [-0.1, -0.05) is 0 Å². The van der Waals surface area contributed by atoms with Crippen molar-refractivity contribution < 1.29 is 23.8 Å². The van der Waals surface area contributed by atoms with Gasteiger partial charge in [-0.05, 0) is 63.8 Å². The van der Waals surface area contributed by atoms with E-state index >= 15 is 0 Å². The Bertz CT molecular complexity index is 1040. The molecule has 4 N–H and O–H groups in total. The number of H-pyrrole nitrogens is 1. The fraction of sp³-hybridized carbons (Fsp3) is 0.364. The fourth-order valence-electron chi connectivity index (χ4n) is 4.01. The van der Waals surface area contributed by atoms with Crippen LogP contribution in [0.3, 0.4) is 0 Å². The van der Waals surface area contributed by atoms with Gasteiger partial charge in [0.15, 0.2) is 5.75 Å². The molecule has 1 saturated carbocycles. The summed E-state index contributed by atoms with van der Waals surface area (Å²) in [6.07, 6.45) is 3.54. The lowest BCUT2D eigenvalue weighted by molar-refractivity contribution is -0.110. The van der Waals surface area contributed by atoms with Crippen molar-refractivity contribution in [1.29, 1.82) is 0 Å². The Balaban J connectivity index is 1.53. The Morgan fingerprint density at radius 2 is 2.00 bits per heavy atom. The van der Waals surface area contributed by atoms with Crippen LogP contribution in [0.4, 0.5) is 14.9 Å². The number of rotatable bonds is 3. The molecule has 0 atom stereocenters. The second-order valence-electron chi connectivity index (χ2n) is 7.86. The van der Waals surface area contributed by atoms with E-state index in [1.807, 2.05) is 0 Å². The highest BCUT2D eigenvalue weighted by Gasteiger charge is 2.26. The van der Waals surface area contributed by atoms with Crippen LogP contribution in [-0.4, -0.2) is 34.2 Å². The van der Waals surface area contributed by atoms with Gasteiger partial charge < -0.3 is 25.5 Å². The van der Waals surface area contributed by atoms with Gasteiger partial charge in [0.2, 0.25) is 0 Å². The van der Waals surface area contributed by atoms with Crippen LogP contribution in [0.15, 0.2) is 18.2 Å². The molecule has 0 saturated heterocycles. The van der Waals surface area contributed by atoms with Gasteiger partial charge in [0.25, 0.3) is 5.91 Å². The zero-order valence-corrected chi connectivity index (χ0v) is 16.8. The third-order valence-corrected chi connectivity index (χ3v) is 5.67. The van der Waals surface area contributed by atoms with Crippen molar-refractivity contribution in [2.24, 2.45) is 0 Å². The summed E-state index contributed by atoms with van der Waals surface area (Å²) in [5, 5.41) is 15.1. The van der Waals surface area contributed by atoms with E-state index in [0.29, 0.717) is 65.2 Å². The number of aromatic nitrogens is 1. The topological polar surface area (TPSA) is 103 Å². The molecule has 1 aromatic heterocycles. The van der Waals surface area contributed by atoms with E-state index in [2.05, 4.69) is 15.6 Å². The quantitative estimate of drug-likeness (QED) is 0.577. The standard InChI is InChI=1S/C22H24FN3O4/c1-11-19(10-17-16-9-13(23)3-8-18(16)26-21(17)28)24-12(2)20(11)30-22(29)25-14-4-6-15(27)7-5-14/h3,8-10,14-15,24,27H,4-7H2,1-2H3,(H,25,29)(H,26,28)/b17-10-. The molecule has 1 fully saturated rings. The first-order valence-electron chi connectivity index (χ1n) is 10.0. The highest BCUT2D eigenvalue weighted by molar-refractivity contribution is 6.34. The summed E-state index contributed by atoms with van der Waals surface area (Å²) in [4.78, 5) is 27.8. The summed E-state index contributed by atoms with van der Waals surface area (Å²) < 4.78 is 19.2. The minimum absolute atomic E-state index is 0.0179. The number of halogens is 1. The number of benzene rings is 1. The van der Waals surface area contributed by atoms with Gasteiger partial charge in [-0.2, -0.15) is 0 Å². The van der Waals surface area contributed by atoms with Crippen LogP contribution in [0.1, 0.15) is 48.2 Å². The highest BCUT2D eigenvalue weighted by atomic mass is 19.1. The third kappa shape index (κ3) is 3.95. The number of carbonyl (C=O) groups is 2. The van der Waals surface area contributed by atoms with Crippen molar-refractivity contribution >= 4 is 29.3 Å². The SMILES string of the molecule is Cc1[nH]c(/C=C2\C(=O)Nc3ccc(F)cc32)c(C)c1OC(=O)NC1CCC(O)CC1. The number of fused-ring (bicyclic) bond motifs is 1. The molecule has 2 aliphatic rings. The van der Waals surface area contributed by atoms with Gasteiger partial charge in [-0.3, -0.25) is 4.79 Å². The maximum absolute atomic E-state index is 13.7. The normalized spacial score (nSPS) is 22.0. The van der Waals surface area contributed by atoms with Gasteiger partial charge in [0.1, 0.15) is 5.82 Å². The van der Waals surface area contributed by atoms with Crippen molar-refractivity contribution in [3.8, 4) is 5.75 Å². The summed E-state index contributed by atoms with van der Waals surface area (Å²) in [6.45, 7) is 3.56. The molecule has 7 nitrogen and oxygen atoms in total. The number of aromatic amines is 1. The Morgan fingerprint density at radius 3 is 2.73 bits per heavy atom. The maximum Gasteiger partial charge on any atom is 0.412 e. The molecule has 0 bridgehead atoms. The van der Waals surface area contributed by atoms with Crippen molar-refractivity contribution in [2.75, 3.05) is 5.32 Å². The monoisotopic (exact) mass is 413 g/mol. The average molecular weight is 413 g/mol. The van der Waals surface area contributed by atoms with Crippen molar-refractivity contribution in [3.05, 3.63) is 46.5 Å². The number of ether oxygens (including phenoxy) is 1. The molecule has 0 radical (unpaired) electrons. The molecule has 1 aliphatic carbocycles. The Kier molecular flexibility index (Phi) is 5.34. The van der Waals surface area contributed by atoms with Crippen LogP contribution in [0.5, 0.6) is 5.75 Å². The summed E-state index contributed by atoms with van der Waals surface area (Å²) in [5.74, 6) is -0.346. The van der Waals surface area contributed by atoms with E-state index in [1.54, 1.807) is 19.9 Å². The number of nitrogens with one attached hydrogen (secondary N) is 3. The maximum atomic E-state index is 13.7. The number of hydrogen-bond acceptors (Lipinski definition) is 4. The van der Waals surface area contributed by atoms with Gasteiger partial charge >= 0.3 is 6.09 Å². The number of carbonyl (C=O) groups excluding carboxylic acids is 2. The zero-order chi connectivity index (χ0) is 21.4. The van der Waals surface area contributed by atoms with E-state index in [-0.39, 0.29) is 18.1 Å². The molecule has 0 unspecified atom stereocenters. The molecule has 1 aromatic carbocycles. The first-order valence-corrected chi connectivity index (χ1v) is 10.0. The number of hydrogen-bond donors (Lipinski definition) is 4. The lowest BCUT2D eigenvalue weighted by Gasteiger charge is -2.25. The average Bonchev–Trinajstić information content (AvgIpc) is 3.14. The fourth-order valence-corrected chi connectivity index (χ4v) is 4.01. The Morgan fingerprint density at radius 1 is 1.27 bits per heavy atom. The van der Waals surface area contributed by atoms with Crippen LogP contribution in [-0.2, 0) is 4.79 Å². The van der Waals surface area contributed by atoms with Gasteiger partial charge in [-0.15, -0.1) is 0 Å². The highest BCUT2D eigenvalue weighted by Crippen LogP contribution is 2.35. The number of aryl methyl sites for hydroxylation is 1. The molecule has 0 spiro atoms. The predicted octanol–water partition coefficient (Wildman–Crippen LogP) is 3.66. The zero-order valence-electron chi connectivity index (χ0n) is 16.8. The van der Waals surface area contributed by atoms with Crippen LogP contribution in [0.2, 0.25) is 0 Å². The summed E-state index contributed by atoms with van der Waals surface area (Å²) in [5.41, 5.74) is 3.32. The first kappa shape index (κ1) is 20.2. The minimum atomic E-state index is -0.549. The number of aliphatic hydroxyl groups is 1. The van der Waals surface area contributed by atoms with Crippen LogP contribution >= 0.6 is 0 Å². The number of aliphatic hydroxyl groups excluding tert-OH is 1. The molecule has 1 aliphatic heterocycles. The molecular weight excluding hydrogens is 389 g/mol. The summed E-state index contributed by atoms with van der Waals surface area (Å²) in [7, 11) is 0. The largest absolute Gasteiger partial charge is 0.412 e. The summed E-state index contributed by atoms with van der Waals surface area (Å²) >= 11 is 0. The molecule has 2 heterocycles. The second kappa shape index (κ2) is 7.95. The molecular formula is C22H24FN3O4. The lowest BCUT2D eigenvalue weighted by Crippen LogP contribution is -2.40. The van der Waals surface area contributed by atoms with Gasteiger partial charge in [-0.25, -0.2) is 9.18 Å². The van der Waals surface area contributed by atoms with Crippen molar-refractivity contribution in [3.63, 3.8) is 0 Å². The van der Waals surface area contributed by atoms with Crippen molar-refractivity contribution in [1.82, 2.24) is 10.3 Å². The molecule has 30 heavy (non-hydrogen) atoms. The van der Waals surface area contributed by atoms with Crippen molar-refractivity contribution in [2.45, 2.75) is 51.7 Å². The molecule has 2 aromatic rings. The van der Waals surface area contributed by atoms with E-state index in [9.17, 15) is 19.1 Å². The smallest absolute Gasteiger partial charge is 0.408 e. The molecule has 158 valence electrons. The van der Waals surface area contributed by atoms with E-state index < -0.39 is 11.9 Å².